The predicted octanol–water partition coefficient (Wildman–Crippen LogP) is 9.78. The van der Waals surface area contributed by atoms with Crippen LogP contribution in [0.1, 0.15) is 100 Å². The summed E-state index contributed by atoms with van der Waals surface area (Å²) in [7, 11) is 0. The molecular weight excluding hydrogens is 1410 g/mol. The van der Waals surface area contributed by atoms with Crippen LogP contribution in [0.5, 0.6) is 0 Å². The molecule has 109 heavy (non-hydrogen) atoms. The highest BCUT2D eigenvalue weighted by atomic mass is 16.8. The van der Waals surface area contributed by atoms with E-state index in [9.17, 15) is 48.3 Å². The number of rotatable bonds is 26. The van der Waals surface area contributed by atoms with Gasteiger partial charge in [-0.15, -0.1) is 0 Å². The normalized spacial score (nSPS) is 23.5. The molecule has 0 aliphatic carbocycles. The van der Waals surface area contributed by atoms with Gasteiger partial charge in [0.05, 0.1) is 56.7 Å². The fourth-order valence-corrected chi connectivity index (χ4v) is 12.0. The molecule has 0 amide bonds. The predicted molar refractivity (Wildman–Crippen MR) is 378 cm³/mol. The van der Waals surface area contributed by atoms with Crippen molar-refractivity contribution in [3.8, 4) is 0 Å². The van der Waals surface area contributed by atoms with Crippen molar-refractivity contribution in [3.05, 3.63) is 323 Å². The molecule has 3 saturated heterocycles. The van der Waals surface area contributed by atoms with Gasteiger partial charge in [-0.05, 0) is 109 Å². The number of esters is 10. The largest absolute Gasteiger partial charge is 0.463 e. The van der Waals surface area contributed by atoms with Gasteiger partial charge in [-0.2, -0.15) is 0 Å². The van der Waals surface area contributed by atoms with Gasteiger partial charge < -0.3 is 76.2 Å². The molecule has 0 saturated carbocycles. The summed E-state index contributed by atoms with van der Waals surface area (Å²) < 4.78 is 95.3. The highest BCUT2D eigenvalue weighted by Gasteiger charge is 2.60. The van der Waals surface area contributed by atoms with Crippen LogP contribution in [-0.4, -0.2) is 177 Å². The van der Waals surface area contributed by atoms with Crippen molar-refractivity contribution in [3.63, 3.8) is 0 Å². The van der Waals surface area contributed by atoms with E-state index in [0.717, 1.165) is 6.92 Å². The molecule has 1 N–H and O–H groups in total. The maximum atomic E-state index is 15.1. The molecule has 0 radical (unpaired) electrons. The van der Waals surface area contributed by atoms with Crippen LogP contribution in [0.4, 0.5) is 0 Å². The minimum atomic E-state index is -2.24. The van der Waals surface area contributed by atoms with Crippen molar-refractivity contribution in [1.82, 2.24) is 0 Å². The summed E-state index contributed by atoms with van der Waals surface area (Å²) in [6.07, 6.45) is -30.4. The van der Waals surface area contributed by atoms with Crippen LogP contribution in [0.15, 0.2) is 273 Å². The van der Waals surface area contributed by atoms with E-state index < -0.39 is 172 Å². The SMILES string of the molecule is CC(=O)OC[C@H]1O[C@@H](OC[C@H]2O[C@@H](O)[C@H](OC(=O)c3ccccc3)[C@@H](OC(=O)c3ccccc3)[C@H]2OC(=O)c2ccccc2)[C@H](OC(=O)c2ccccc2)[C@@H](OC(=O)c2ccccc2)[C@H]1O[C@H]1O[C@H](COC(=O)c2ccccc2)[C@@H](OC(=O)c2ccccc2)[C@H](OC(=O)c2ccccc2)[C@@H]1OC(=O)c1ccccc1. The minimum absolute atomic E-state index is 0.00690. The van der Waals surface area contributed by atoms with Crippen LogP contribution < -0.4 is 0 Å². The lowest BCUT2D eigenvalue weighted by atomic mass is 9.95. The van der Waals surface area contributed by atoms with E-state index in [2.05, 4.69) is 0 Å². The second-order valence-electron chi connectivity index (χ2n) is 24.7. The zero-order valence-corrected chi connectivity index (χ0v) is 57.9. The van der Waals surface area contributed by atoms with Crippen molar-refractivity contribution < 1.29 is 124 Å². The van der Waals surface area contributed by atoms with E-state index in [0.29, 0.717) is 0 Å². The van der Waals surface area contributed by atoms with Gasteiger partial charge in [0, 0.05) is 6.92 Å². The fourth-order valence-electron chi connectivity index (χ4n) is 12.0. The number of benzene rings is 9. The van der Waals surface area contributed by atoms with E-state index in [1.54, 1.807) is 103 Å². The summed E-state index contributed by atoms with van der Waals surface area (Å²) in [5.74, 6) is -10.5. The van der Waals surface area contributed by atoms with E-state index in [4.69, 9.17) is 71.1 Å². The molecule has 0 aromatic heterocycles. The molecule has 0 spiro atoms. The summed E-state index contributed by atoms with van der Waals surface area (Å²) in [5, 5.41) is 12.2. The minimum Gasteiger partial charge on any atom is -0.463 e. The number of aliphatic hydroxyl groups is 1. The summed E-state index contributed by atoms with van der Waals surface area (Å²) in [4.78, 5) is 144. The van der Waals surface area contributed by atoms with Crippen LogP contribution in [0.3, 0.4) is 0 Å². The molecule has 558 valence electrons. The maximum absolute atomic E-state index is 15.1. The highest BCUT2D eigenvalue weighted by molar-refractivity contribution is 5.94. The van der Waals surface area contributed by atoms with Gasteiger partial charge in [-0.25, -0.2) is 43.2 Å². The first-order valence-electron chi connectivity index (χ1n) is 34.4. The molecule has 15 atom stereocenters. The Bertz CT molecular complexity index is 4570. The Morgan fingerprint density at radius 2 is 0.486 bits per heavy atom. The van der Waals surface area contributed by atoms with E-state index >= 15 is 4.79 Å². The number of aliphatic hydroxyl groups excluding tert-OH is 1. The van der Waals surface area contributed by atoms with Gasteiger partial charge in [0.1, 0.15) is 37.6 Å². The van der Waals surface area contributed by atoms with Crippen molar-refractivity contribution >= 4 is 59.7 Å². The Balaban J connectivity index is 0.990. The first-order valence-corrected chi connectivity index (χ1v) is 34.4. The molecule has 12 rings (SSSR count). The van der Waals surface area contributed by atoms with Crippen LogP contribution in [0.25, 0.3) is 0 Å². The maximum Gasteiger partial charge on any atom is 0.338 e. The third kappa shape index (κ3) is 19.6. The Hall–Kier alpha value is -12.6. The number of hydrogen-bond acceptors (Lipinski definition) is 26. The van der Waals surface area contributed by atoms with Crippen molar-refractivity contribution in [2.75, 3.05) is 19.8 Å². The average Bonchev–Trinajstić information content (AvgIpc) is 0.763. The number of carbonyl (C=O) groups excluding carboxylic acids is 10. The number of hydrogen-bond donors (Lipinski definition) is 1. The third-order valence-corrected chi connectivity index (χ3v) is 17.4. The van der Waals surface area contributed by atoms with Gasteiger partial charge in [-0.1, -0.05) is 164 Å². The fraction of sp³-hybridized carbons (Fsp3) is 0.229. The van der Waals surface area contributed by atoms with E-state index in [1.165, 1.54) is 170 Å². The van der Waals surface area contributed by atoms with Crippen molar-refractivity contribution in [1.29, 1.82) is 0 Å². The number of ether oxygens (including phenoxy) is 15. The second kappa shape index (κ2) is 36.6. The Labute approximate surface area is 623 Å². The summed E-state index contributed by atoms with van der Waals surface area (Å²) in [6.45, 7) is -1.64. The zero-order chi connectivity index (χ0) is 76.2. The quantitative estimate of drug-likeness (QED) is 0.0389. The molecular formula is C83H70O26. The molecule has 26 heteroatoms. The average molecular weight is 1480 g/mol. The molecule has 3 aliphatic heterocycles. The molecule has 9 aromatic rings. The lowest BCUT2D eigenvalue weighted by molar-refractivity contribution is -0.361. The van der Waals surface area contributed by atoms with Gasteiger partial charge in [-0.3, -0.25) is 4.79 Å². The topological polar surface area (TPSA) is 329 Å². The summed E-state index contributed by atoms with van der Waals surface area (Å²) in [5.41, 5.74) is -0.392. The highest BCUT2D eigenvalue weighted by Crippen LogP contribution is 2.39. The first kappa shape index (κ1) is 76.1. The van der Waals surface area contributed by atoms with Gasteiger partial charge in [0.15, 0.2) is 67.7 Å². The third-order valence-electron chi connectivity index (χ3n) is 17.4. The summed E-state index contributed by atoms with van der Waals surface area (Å²) in [6, 6.07) is 67.7. The lowest BCUT2D eigenvalue weighted by Crippen LogP contribution is -2.67. The summed E-state index contributed by atoms with van der Waals surface area (Å²) >= 11 is 0. The van der Waals surface area contributed by atoms with Crippen molar-refractivity contribution in [2.45, 2.75) is 99.0 Å². The Kier molecular flexibility index (Phi) is 25.6. The smallest absolute Gasteiger partial charge is 0.338 e. The van der Waals surface area contributed by atoms with E-state index in [-0.39, 0.29) is 50.1 Å². The van der Waals surface area contributed by atoms with Crippen LogP contribution in [0, 0.1) is 0 Å². The van der Waals surface area contributed by atoms with Crippen LogP contribution in [-0.2, 0) is 75.8 Å². The Morgan fingerprint density at radius 1 is 0.257 bits per heavy atom. The molecule has 3 aliphatic rings. The standard InChI is InChI=1S/C83H70O26/c1-50(84)95-47-61-65(109-83-71(108-80(93)59-45-27-10-28-46-59)67(104-76(89)55-37-19-6-20-38-55)64(102-74(87)53-33-15-4-16-34-53)62(100-83)48-96-72(85)51-29-11-2-12-30-51)68(105-77(90)56-39-21-7-22-40-56)70(107-79(92)58-43-25-9-26-44-58)82(99-61)97-49-60-63(101-73(86)52-31-13-3-14-32-52)66(103-75(88)54-35-17-5-18-36-54)69(81(94)98-60)106-78(91)57-41-23-8-24-42-57/h2-46,60-71,81-83,94H,47-49H2,1H3/t60-,61-,62-,63+,64-,65+,66+,67+,68+,69-,70-,71+,81-,82-,83-/m1/s1. The lowest BCUT2D eigenvalue weighted by Gasteiger charge is -2.49. The van der Waals surface area contributed by atoms with E-state index in [1.807, 2.05) is 0 Å². The van der Waals surface area contributed by atoms with Gasteiger partial charge >= 0.3 is 59.7 Å². The molecule has 3 fully saturated rings. The van der Waals surface area contributed by atoms with Crippen LogP contribution in [0.2, 0.25) is 0 Å². The van der Waals surface area contributed by atoms with Gasteiger partial charge in [0.2, 0.25) is 0 Å². The first-order chi connectivity index (χ1) is 53.0. The monoisotopic (exact) mass is 1480 g/mol. The molecule has 26 nitrogen and oxygen atoms in total. The molecule has 9 aromatic carbocycles. The van der Waals surface area contributed by atoms with Crippen LogP contribution >= 0.6 is 0 Å². The molecule has 0 unspecified atom stereocenters. The molecule has 0 bridgehead atoms. The number of carbonyl (C=O) groups is 10. The zero-order valence-electron chi connectivity index (χ0n) is 57.9. The van der Waals surface area contributed by atoms with Gasteiger partial charge in [0.25, 0.3) is 0 Å². The Morgan fingerprint density at radius 3 is 0.807 bits per heavy atom. The second-order valence-corrected chi connectivity index (χ2v) is 24.7. The molecule has 3 heterocycles. The van der Waals surface area contributed by atoms with Crippen molar-refractivity contribution in [2.24, 2.45) is 0 Å².